The third kappa shape index (κ3) is 2.44. The topological polar surface area (TPSA) is 91.3 Å². The van der Waals surface area contributed by atoms with E-state index in [4.69, 9.17) is 5.73 Å². The second-order valence-electron chi connectivity index (χ2n) is 6.79. The van der Waals surface area contributed by atoms with Crippen molar-refractivity contribution in [2.24, 2.45) is 28.0 Å². The Hall–Kier alpha value is -1.57. The highest BCUT2D eigenvalue weighted by molar-refractivity contribution is 6.01. The predicted molar refractivity (Wildman–Crippen MR) is 73.0 cm³/mol. The van der Waals surface area contributed by atoms with Gasteiger partial charge in [-0.05, 0) is 37.0 Å². The van der Waals surface area contributed by atoms with Crippen LogP contribution >= 0.6 is 0 Å². The molecule has 1 aliphatic carbocycles. The summed E-state index contributed by atoms with van der Waals surface area (Å²) in [4.78, 5) is 16.3. The minimum absolute atomic E-state index is 0.158. The zero-order valence-electron chi connectivity index (χ0n) is 11.9. The first-order valence-corrected chi connectivity index (χ1v) is 6.84. The number of amides is 1. The zero-order chi connectivity index (χ0) is 14.3. The number of hydrogen-bond acceptors (Lipinski definition) is 4. The fraction of sp³-hybridized carbons (Fsp3) is 0.786. The molecular weight excluding hydrogens is 240 g/mol. The molecule has 0 aromatic rings. The van der Waals surface area contributed by atoms with Crippen LogP contribution in [0, 0.1) is 28.6 Å². The van der Waals surface area contributed by atoms with Crippen molar-refractivity contribution < 1.29 is 4.79 Å². The fourth-order valence-corrected chi connectivity index (χ4v) is 3.34. The van der Waals surface area contributed by atoms with Gasteiger partial charge in [0, 0.05) is 0 Å². The van der Waals surface area contributed by atoms with E-state index >= 15 is 0 Å². The van der Waals surface area contributed by atoms with Crippen LogP contribution in [-0.2, 0) is 4.79 Å². The molecule has 1 amide bonds. The van der Waals surface area contributed by atoms with Gasteiger partial charge in [0.1, 0.15) is 0 Å². The number of nitrogens with one attached hydrogen (secondary N) is 1. The van der Waals surface area contributed by atoms with Gasteiger partial charge in [-0.3, -0.25) is 10.1 Å². The SMILES string of the molecule is CC(C)(C)C1CCC2(CC1)N=C(N)NC(=O)C2C#N. The molecule has 3 N–H and O–H groups in total. The van der Waals surface area contributed by atoms with Crippen molar-refractivity contribution in [1.29, 1.82) is 5.26 Å². The lowest BCUT2D eigenvalue weighted by Gasteiger charge is -2.44. The van der Waals surface area contributed by atoms with Crippen molar-refractivity contribution >= 4 is 11.9 Å². The molecule has 5 heteroatoms. The molecule has 0 bridgehead atoms. The minimum Gasteiger partial charge on any atom is -0.370 e. The van der Waals surface area contributed by atoms with E-state index in [0.717, 1.165) is 25.7 Å². The van der Waals surface area contributed by atoms with Crippen LogP contribution in [-0.4, -0.2) is 17.4 Å². The number of nitriles is 1. The van der Waals surface area contributed by atoms with E-state index in [1.807, 2.05) is 0 Å². The number of carbonyl (C=O) groups excluding carboxylic acids is 1. The lowest BCUT2D eigenvalue weighted by molar-refractivity contribution is -0.125. The number of carbonyl (C=O) groups is 1. The maximum Gasteiger partial charge on any atom is 0.246 e. The smallest absolute Gasteiger partial charge is 0.246 e. The lowest BCUT2D eigenvalue weighted by Crippen LogP contribution is -2.56. The van der Waals surface area contributed by atoms with Crippen molar-refractivity contribution in [1.82, 2.24) is 5.32 Å². The second-order valence-corrected chi connectivity index (χ2v) is 6.79. The largest absolute Gasteiger partial charge is 0.370 e. The summed E-state index contributed by atoms with van der Waals surface area (Å²) < 4.78 is 0. The predicted octanol–water partition coefficient (Wildman–Crippen LogP) is 1.55. The molecule has 19 heavy (non-hydrogen) atoms. The van der Waals surface area contributed by atoms with Crippen LogP contribution in [0.5, 0.6) is 0 Å². The standard InChI is InChI=1S/C14H22N4O/c1-13(2,3)9-4-6-14(7-5-9)10(8-15)11(19)17-12(16)18-14/h9-10H,4-7H2,1-3H3,(H3,16,17,18,19). The number of guanidine groups is 1. The van der Waals surface area contributed by atoms with E-state index in [9.17, 15) is 10.1 Å². The molecule has 1 spiro atoms. The van der Waals surface area contributed by atoms with Crippen molar-refractivity contribution in [3.63, 3.8) is 0 Å². The van der Waals surface area contributed by atoms with Crippen LogP contribution in [0.4, 0.5) is 0 Å². The number of hydrogen-bond donors (Lipinski definition) is 2. The van der Waals surface area contributed by atoms with Gasteiger partial charge in [-0.15, -0.1) is 0 Å². The quantitative estimate of drug-likeness (QED) is 0.693. The van der Waals surface area contributed by atoms with Gasteiger partial charge in [0.25, 0.3) is 0 Å². The number of nitrogens with two attached hydrogens (primary N) is 1. The maximum absolute atomic E-state index is 11.9. The molecule has 0 aromatic heterocycles. The summed E-state index contributed by atoms with van der Waals surface area (Å²) in [7, 11) is 0. The van der Waals surface area contributed by atoms with Crippen molar-refractivity contribution in [2.75, 3.05) is 0 Å². The number of rotatable bonds is 0. The molecule has 0 saturated heterocycles. The van der Waals surface area contributed by atoms with Crippen LogP contribution in [0.3, 0.4) is 0 Å². The van der Waals surface area contributed by atoms with Crippen LogP contribution in [0.2, 0.25) is 0 Å². The average molecular weight is 262 g/mol. The second kappa shape index (κ2) is 4.52. The maximum atomic E-state index is 11.9. The summed E-state index contributed by atoms with van der Waals surface area (Å²) in [5, 5.41) is 11.7. The Kier molecular flexibility index (Phi) is 3.29. The van der Waals surface area contributed by atoms with Crippen LogP contribution in [0.1, 0.15) is 46.5 Å². The first-order chi connectivity index (χ1) is 8.78. The molecule has 1 heterocycles. The Morgan fingerprint density at radius 3 is 2.47 bits per heavy atom. The molecule has 5 nitrogen and oxygen atoms in total. The molecule has 104 valence electrons. The highest BCUT2D eigenvalue weighted by Gasteiger charge is 2.49. The first-order valence-electron chi connectivity index (χ1n) is 6.84. The molecule has 0 aromatic carbocycles. The van der Waals surface area contributed by atoms with Crippen molar-refractivity contribution in [3.05, 3.63) is 0 Å². The Morgan fingerprint density at radius 1 is 1.42 bits per heavy atom. The highest BCUT2D eigenvalue weighted by atomic mass is 16.2. The van der Waals surface area contributed by atoms with Gasteiger partial charge in [-0.25, -0.2) is 4.99 Å². The van der Waals surface area contributed by atoms with E-state index in [1.165, 1.54) is 0 Å². The van der Waals surface area contributed by atoms with Crippen LogP contribution in [0.25, 0.3) is 0 Å². The highest BCUT2D eigenvalue weighted by Crippen LogP contribution is 2.46. The fourth-order valence-electron chi connectivity index (χ4n) is 3.34. The first kappa shape index (κ1) is 13.9. The van der Waals surface area contributed by atoms with Gasteiger partial charge in [0.2, 0.25) is 5.91 Å². The van der Waals surface area contributed by atoms with Crippen LogP contribution in [0.15, 0.2) is 4.99 Å². The molecule has 1 unspecified atom stereocenters. The summed E-state index contributed by atoms with van der Waals surface area (Å²) in [6.45, 7) is 6.72. The van der Waals surface area contributed by atoms with Crippen molar-refractivity contribution in [3.8, 4) is 6.07 Å². The van der Waals surface area contributed by atoms with E-state index in [-0.39, 0.29) is 17.3 Å². The molecule has 1 atom stereocenters. The van der Waals surface area contributed by atoms with Gasteiger partial charge in [0.05, 0.1) is 11.6 Å². The summed E-state index contributed by atoms with van der Waals surface area (Å²) >= 11 is 0. The number of aliphatic imine (C=N–C) groups is 1. The molecule has 2 aliphatic rings. The molecule has 1 saturated carbocycles. The normalized spacial score (nSPS) is 35.5. The van der Waals surface area contributed by atoms with Gasteiger partial charge < -0.3 is 5.73 Å². The summed E-state index contributed by atoms with van der Waals surface area (Å²) in [6.07, 6.45) is 3.51. The lowest BCUT2D eigenvalue weighted by atomic mass is 9.64. The van der Waals surface area contributed by atoms with E-state index in [2.05, 4.69) is 37.1 Å². The molecular formula is C14H22N4O. The van der Waals surface area contributed by atoms with Gasteiger partial charge >= 0.3 is 0 Å². The molecule has 1 aliphatic heterocycles. The molecule has 0 radical (unpaired) electrons. The molecule has 1 fully saturated rings. The van der Waals surface area contributed by atoms with E-state index < -0.39 is 11.5 Å². The van der Waals surface area contributed by atoms with E-state index in [0.29, 0.717) is 5.92 Å². The average Bonchev–Trinajstić information content (AvgIpc) is 2.27. The third-order valence-electron chi connectivity index (χ3n) is 4.60. The van der Waals surface area contributed by atoms with Crippen molar-refractivity contribution in [2.45, 2.75) is 52.0 Å². The minimum atomic E-state index is -0.708. The Bertz CT molecular complexity index is 447. The van der Waals surface area contributed by atoms with Gasteiger partial charge in [-0.1, -0.05) is 20.8 Å². The zero-order valence-corrected chi connectivity index (χ0v) is 11.9. The summed E-state index contributed by atoms with van der Waals surface area (Å²) in [5.74, 6) is -0.241. The molecule has 2 rings (SSSR count). The Labute approximate surface area is 114 Å². The monoisotopic (exact) mass is 262 g/mol. The summed E-state index contributed by atoms with van der Waals surface area (Å²) in [5.41, 5.74) is 5.34. The number of nitrogens with zero attached hydrogens (tertiary/aromatic N) is 2. The Morgan fingerprint density at radius 2 is 2.00 bits per heavy atom. The van der Waals surface area contributed by atoms with E-state index in [1.54, 1.807) is 0 Å². The van der Waals surface area contributed by atoms with Crippen LogP contribution < -0.4 is 11.1 Å². The van der Waals surface area contributed by atoms with Gasteiger partial charge in [-0.2, -0.15) is 5.26 Å². The third-order valence-corrected chi connectivity index (χ3v) is 4.60. The Balaban J connectivity index is 2.23. The summed E-state index contributed by atoms with van der Waals surface area (Å²) in [6, 6.07) is 2.11. The van der Waals surface area contributed by atoms with Gasteiger partial charge in [0.15, 0.2) is 11.9 Å².